The molecule has 19 heavy (non-hydrogen) atoms. The van der Waals surface area contributed by atoms with Gasteiger partial charge < -0.3 is 9.84 Å². The quantitative estimate of drug-likeness (QED) is 0.895. The summed E-state index contributed by atoms with van der Waals surface area (Å²) in [7, 11) is 0. The van der Waals surface area contributed by atoms with Crippen LogP contribution in [0.5, 0.6) is 5.88 Å². The van der Waals surface area contributed by atoms with Gasteiger partial charge in [0.25, 0.3) is 0 Å². The Balaban J connectivity index is 2.18. The van der Waals surface area contributed by atoms with Gasteiger partial charge >= 0.3 is 6.18 Å². The van der Waals surface area contributed by atoms with Crippen LogP contribution in [-0.2, 0) is 6.18 Å². The minimum Gasteiger partial charge on any atom is -0.470 e. The van der Waals surface area contributed by atoms with Gasteiger partial charge in [-0.2, -0.15) is 13.2 Å². The summed E-state index contributed by atoms with van der Waals surface area (Å²) in [6.07, 6.45) is -2.09. The van der Waals surface area contributed by atoms with Gasteiger partial charge in [-0.3, -0.25) is 0 Å². The monoisotopic (exact) mass is 339 g/mol. The molecule has 7 heteroatoms. The highest BCUT2D eigenvalue weighted by atomic mass is 79.9. The van der Waals surface area contributed by atoms with Crippen molar-refractivity contribution in [1.29, 1.82) is 0 Å². The van der Waals surface area contributed by atoms with Crippen molar-refractivity contribution in [3.05, 3.63) is 22.3 Å². The van der Waals surface area contributed by atoms with E-state index in [0.29, 0.717) is 12.8 Å². The molecule has 0 saturated heterocycles. The SMILES string of the molecule is C[C@@]1(O)CCC[C@H]1Oc1ncc(C(F)(F)F)cc1Br. The molecular weight excluding hydrogens is 327 g/mol. The molecule has 1 aromatic rings. The maximum atomic E-state index is 12.5. The van der Waals surface area contributed by atoms with E-state index in [1.165, 1.54) is 0 Å². The van der Waals surface area contributed by atoms with Crippen LogP contribution in [0.1, 0.15) is 31.7 Å². The molecule has 1 fully saturated rings. The summed E-state index contributed by atoms with van der Waals surface area (Å²) in [5.41, 5.74) is -1.81. The van der Waals surface area contributed by atoms with Gasteiger partial charge in [-0.15, -0.1) is 0 Å². The average Bonchev–Trinajstić information content (AvgIpc) is 2.59. The van der Waals surface area contributed by atoms with E-state index in [2.05, 4.69) is 20.9 Å². The van der Waals surface area contributed by atoms with Crippen LogP contribution >= 0.6 is 15.9 Å². The van der Waals surface area contributed by atoms with Crippen molar-refractivity contribution in [2.75, 3.05) is 0 Å². The first kappa shape index (κ1) is 14.6. The molecule has 1 saturated carbocycles. The Labute approximate surface area is 116 Å². The highest BCUT2D eigenvalue weighted by molar-refractivity contribution is 9.10. The van der Waals surface area contributed by atoms with Gasteiger partial charge in [0.15, 0.2) is 0 Å². The Bertz CT molecular complexity index is 477. The Hall–Kier alpha value is -0.820. The minimum atomic E-state index is -4.44. The second-order valence-corrected chi connectivity index (χ2v) is 5.72. The molecule has 106 valence electrons. The highest BCUT2D eigenvalue weighted by Gasteiger charge is 2.39. The minimum absolute atomic E-state index is 0.0696. The van der Waals surface area contributed by atoms with E-state index >= 15 is 0 Å². The van der Waals surface area contributed by atoms with Crippen LogP contribution in [0.25, 0.3) is 0 Å². The summed E-state index contributed by atoms with van der Waals surface area (Å²) >= 11 is 3.02. The van der Waals surface area contributed by atoms with Gasteiger partial charge in [0, 0.05) is 6.20 Å². The van der Waals surface area contributed by atoms with Crippen molar-refractivity contribution in [1.82, 2.24) is 4.98 Å². The van der Waals surface area contributed by atoms with Crippen LogP contribution < -0.4 is 4.74 Å². The molecule has 2 rings (SSSR count). The summed E-state index contributed by atoms with van der Waals surface area (Å²) in [4.78, 5) is 3.67. The molecule has 0 radical (unpaired) electrons. The van der Waals surface area contributed by atoms with Crippen molar-refractivity contribution in [2.45, 2.75) is 44.1 Å². The number of hydrogen-bond acceptors (Lipinski definition) is 3. The molecule has 1 aliphatic carbocycles. The fourth-order valence-corrected chi connectivity index (χ4v) is 2.55. The second-order valence-electron chi connectivity index (χ2n) is 4.86. The predicted octanol–water partition coefficient (Wildman–Crippen LogP) is 3.55. The van der Waals surface area contributed by atoms with Crippen LogP contribution in [0.2, 0.25) is 0 Å². The van der Waals surface area contributed by atoms with E-state index < -0.39 is 23.4 Å². The standard InChI is InChI=1S/C12H13BrF3NO2/c1-11(18)4-2-3-9(11)19-10-8(13)5-7(6-17-10)12(14,15)16/h5-6,9,18H,2-4H2,1H3/t9-,11-/m1/s1. The van der Waals surface area contributed by atoms with E-state index in [4.69, 9.17) is 4.74 Å². The van der Waals surface area contributed by atoms with Crippen LogP contribution in [0.15, 0.2) is 16.7 Å². The number of rotatable bonds is 2. The van der Waals surface area contributed by atoms with Crippen LogP contribution in [0.4, 0.5) is 13.2 Å². The smallest absolute Gasteiger partial charge is 0.417 e. The number of halogens is 4. The van der Waals surface area contributed by atoms with Crippen molar-refractivity contribution in [3.63, 3.8) is 0 Å². The predicted molar refractivity (Wildman–Crippen MR) is 65.8 cm³/mol. The number of ether oxygens (including phenoxy) is 1. The molecule has 0 amide bonds. The first-order valence-electron chi connectivity index (χ1n) is 5.82. The van der Waals surface area contributed by atoms with E-state index in [1.807, 2.05) is 0 Å². The second kappa shape index (κ2) is 4.94. The van der Waals surface area contributed by atoms with Crippen LogP contribution in [-0.4, -0.2) is 21.8 Å². The molecule has 1 aromatic heterocycles. The summed E-state index contributed by atoms with van der Waals surface area (Å²) < 4.78 is 43.1. The van der Waals surface area contributed by atoms with Gasteiger partial charge in [0.1, 0.15) is 6.10 Å². The first-order valence-corrected chi connectivity index (χ1v) is 6.61. The molecule has 2 atom stereocenters. The largest absolute Gasteiger partial charge is 0.470 e. The topological polar surface area (TPSA) is 42.4 Å². The van der Waals surface area contributed by atoms with Gasteiger partial charge in [-0.1, -0.05) is 0 Å². The molecule has 1 heterocycles. The van der Waals surface area contributed by atoms with E-state index in [-0.39, 0.29) is 10.4 Å². The average molecular weight is 340 g/mol. The van der Waals surface area contributed by atoms with Gasteiger partial charge in [-0.05, 0) is 48.2 Å². The van der Waals surface area contributed by atoms with Crippen molar-refractivity contribution < 1.29 is 23.0 Å². The normalized spacial score (nSPS) is 27.6. The van der Waals surface area contributed by atoms with Crippen molar-refractivity contribution in [2.24, 2.45) is 0 Å². The number of aromatic nitrogens is 1. The summed E-state index contributed by atoms with van der Waals surface area (Å²) in [5.74, 6) is 0.0696. The number of alkyl halides is 3. The molecule has 1 N–H and O–H groups in total. The zero-order chi connectivity index (χ0) is 14.3. The molecule has 0 unspecified atom stereocenters. The summed E-state index contributed by atoms with van der Waals surface area (Å²) in [6.45, 7) is 1.66. The fraction of sp³-hybridized carbons (Fsp3) is 0.583. The lowest BCUT2D eigenvalue weighted by Crippen LogP contribution is -2.38. The Kier molecular flexibility index (Phi) is 3.79. The third-order valence-electron chi connectivity index (χ3n) is 3.23. The molecule has 0 spiro atoms. The third-order valence-corrected chi connectivity index (χ3v) is 3.80. The summed E-state index contributed by atoms with van der Waals surface area (Å²) in [6, 6.07) is 0.923. The van der Waals surface area contributed by atoms with E-state index in [0.717, 1.165) is 18.7 Å². The zero-order valence-electron chi connectivity index (χ0n) is 10.2. The van der Waals surface area contributed by atoms with Gasteiger partial charge in [-0.25, -0.2) is 4.98 Å². The van der Waals surface area contributed by atoms with Crippen LogP contribution in [0.3, 0.4) is 0 Å². The lowest BCUT2D eigenvalue weighted by Gasteiger charge is -2.26. The Morgan fingerprint density at radius 3 is 2.68 bits per heavy atom. The lowest BCUT2D eigenvalue weighted by atomic mass is 10.0. The number of aliphatic hydroxyl groups is 1. The zero-order valence-corrected chi connectivity index (χ0v) is 11.8. The number of pyridine rings is 1. The highest BCUT2D eigenvalue weighted by Crippen LogP contribution is 2.37. The first-order chi connectivity index (χ1) is 8.70. The Morgan fingerprint density at radius 2 is 2.21 bits per heavy atom. The van der Waals surface area contributed by atoms with Gasteiger partial charge in [0.05, 0.1) is 15.6 Å². The van der Waals surface area contributed by atoms with Crippen molar-refractivity contribution in [3.8, 4) is 5.88 Å². The molecular formula is C12H13BrF3NO2. The van der Waals surface area contributed by atoms with E-state index in [1.54, 1.807) is 6.92 Å². The molecule has 1 aliphatic rings. The van der Waals surface area contributed by atoms with Gasteiger partial charge in [0.2, 0.25) is 5.88 Å². The third kappa shape index (κ3) is 3.20. The number of hydrogen-bond donors (Lipinski definition) is 1. The van der Waals surface area contributed by atoms with Crippen molar-refractivity contribution >= 4 is 15.9 Å². The van der Waals surface area contributed by atoms with E-state index in [9.17, 15) is 18.3 Å². The fourth-order valence-electron chi connectivity index (χ4n) is 2.11. The maximum absolute atomic E-state index is 12.5. The molecule has 0 aliphatic heterocycles. The Morgan fingerprint density at radius 1 is 1.53 bits per heavy atom. The summed E-state index contributed by atoms with van der Waals surface area (Å²) in [5, 5.41) is 10.0. The maximum Gasteiger partial charge on any atom is 0.417 e. The van der Waals surface area contributed by atoms with Crippen LogP contribution in [0, 0.1) is 0 Å². The number of nitrogens with zero attached hydrogens (tertiary/aromatic N) is 1. The molecule has 0 bridgehead atoms. The molecule has 0 aromatic carbocycles. The molecule has 3 nitrogen and oxygen atoms in total. The lowest BCUT2D eigenvalue weighted by molar-refractivity contribution is -0.137.